The summed E-state index contributed by atoms with van der Waals surface area (Å²) >= 11 is 2.89. The summed E-state index contributed by atoms with van der Waals surface area (Å²) in [5, 5.41) is 10.3. The number of anilines is 1. The van der Waals surface area contributed by atoms with E-state index in [1.807, 2.05) is 30.3 Å². The fourth-order valence-electron chi connectivity index (χ4n) is 4.17. The number of hydrogen-bond acceptors (Lipinski definition) is 6. The van der Waals surface area contributed by atoms with Gasteiger partial charge in [0.1, 0.15) is 4.83 Å². The number of para-hydroxylation sites is 1. The number of carbonyl (C=O) groups is 1. The number of thiophene rings is 1. The average Bonchev–Trinajstić information content (AvgIpc) is 3.01. The molecule has 0 saturated heterocycles. The Morgan fingerprint density at radius 2 is 2.06 bits per heavy atom. The van der Waals surface area contributed by atoms with Crippen molar-refractivity contribution in [2.24, 2.45) is 0 Å². The van der Waals surface area contributed by atoms with Crippen LogP contribution in [-0.2, 0) is 24.2 Å². The Labute approximate surface area is 201 Å². The van der Waals surface area contributed by atoms with Crippen molar-refractivity contribution >= 4 is 44.9 Å². The lowest BCUT2D eigenvalue weighted by Gasteiger charge is -2.21. The molecular weight excluding hydrogens is 452 g/mol. The molecule has 0 radical (unpaired) electrons. The van der Waals surface area contributed by atoms with Gasteiger partial charge in [-0.25, -0.2) is 4.98 Å². The minimum Gasteiger partial charge on any atom is -0.311 e. The molecule has 2 heterocycles. The predicted octanol–water partition coefficient (Wildman–Crippen LogP) is 4.95. The average molecular weight is 479 g/mol. The van der Waals surface area contributed by atoms with E-state index in [1.54, 1.807) is 26.9 Å². The maximum absolute atomic E-state index is 13.5. The summed E-state index contributed by atoms with van der Waals surface area (Å²) in [5.74, 6) is 0.00319. The van der Waals surface area contributed by atoms with Crippen LogP contribution in [0, 0.1) is 11.3 Å². The zero-order valence-corrected chi connectivity index (χ0v) is 20.1. The lowest BCUT2D eigenvalue weighted by molar-refractivity contribution is -0.116. The van der Waals surface area contributed by atoms with Crippen LogP contribution in [0.2, 0.25) is 0 Å². The number of amides is 1. The molecule has 1 aromatic carbocycles. The van der Waals surface area contributed by atoms with Crippen LogP contribution >= 0.6 is 23.1 Å². The molecule has 4 rings (SSSR count). The molecule has 6 nitrogen and oxygen atoms in total. The van der Waals surface area contributed by atoms with E-state index in [4.69, 9.17) is 10.2 Å². The molecule has 0 unspecified atom stereocenters. The molecule has 33 heavy (non-hydrogen) atoms. The number of hydrogen-bond donors (Lipinski definition) is 0. The lowest BCUT2D eigenvalue weighted by atomic mass is 10.1. The van der Waals surface area contributed by atoms with E-state index < -0.39 is 0 Å². The number of benzene rings is 1. The monoisotopic (exact) mass is 478 g/mol. The Bertz CT molecular complexity index is 1260. The second-order valence-electron chi connectivity index (χ2n) is 7.92. The molecule has 1 aliphatic carbocycles. The first-order valence-corrected chi connectivity index (χ1v) is 13.0. The largest absolute Gasteiger partial charge is 0.311 e. The van der Waals surface area contributed by atoms with Crippen molar-refractivity contribution in [1.29, 1.82) is 5.26 Å². The Morgan fingerprint density at radius 3 is 2.82 bits per heavy atom. The van der Waals surface area contributed by atoms with Gasteiger partial charge in [0.25, 0.3) is 5.56 Å². The van der Waals surface area contributed by atoms with Gasteiger partial charge >= 0.3 is 0 Å². The van der Waals surface area contributed by atoms with Crippen molar-refractivity contribution in [3.05, 3.63) is 63.8 Å². The van der Waals surface area contributed by atoms with E-state index in [-0.39, 0.29) is 23.6 Å². The van der Waals surface area contributed by atoms with Crippen LogP contribution in [0.1, 0.15) is 36.1 Å². The van der Waals surface area contributed by atoms with E-state index in [2.05, 4.69) is 12.6 Å². The van der Waals surface area contributed by atoms with E-state index >= 15 is 0 Å². The lowest BCUT2D eigenvalue weighted by Crippen LogP contribution is -2.33. The summed E-state index contributed by atoms with van der Waals surface area (Å²) in [5.41, 5.74) is 1.88. The second kappa shape index (κ2) is 10.8. The number of nitriles is 1. The molecule has 0 fully saturated rings. The van der Waals surface area contributed by atoms with E-state index in [1.165, 1.54) is 28.6 Å². The van der Waals surface area contributed by atoms with Gasteiger partial charge in [-0.05, 0) is 43.4 Å². The van der Waals surface area contributed by atoms with Crippen molar-refractivity contribution in [1.82, 2.24) is 9.55 Å². The van der Waals surface area contributed by atoms with E-state index in [0.717, 1.165) is 41.6 Å². The van der Waals surface area contributed by atoms with Crippen molar-refractivity contribution < 1.29 is 4.79 Å². The number of aryl methyl sites for hydroxylation is 2. The smallest absolute Gasteiger partial charge is 0.263 e. The molecule has 170 valence electrons. The van der Waals surface area contributed by atoms with Gasteiger partial charge in [0, 0.05) is 23.7 Å². The third-order valence-corrected chi connectivity index (χ3v) is 7.89. The number of thioether (sulfide) groups is 1. The third-order valence-electron chi connectivity index (χ3n) is 5.74. The van der Waals surface area contributed by atoms with Crippen LogP contribution in [-0.4, -0.2) is 27.8 Å². The zero-order valence-electron chi connectivity index (χ0n) is 18.5. The highest BCUT2D eigenvalue weighted by Gasteiger charge is 2.22. The highest BCUT2D eigenvalue weighted by atomic mass is 32.2. The van der Waals surface area contributed by atoms with Crippen LogP contribution in [0.15, 0.2) is 52.9 Å². The minimum absolute atomic E-state index is 0.0429. The molecule has 0 aliphatic heterocycles. The highest BCUT2D eigenvalue weighted by molar-refractivity contribution is 7.99. The fraction of sp³-hybridized carbons (Fsp3) is 0.360. The molecular formula is C25H26N4O2S2. The van der Waals surface area contributed by atoms with Gasteiger partial charge in [-0.15, -0.1) is 17.9 Å². The normalized spacial score (nSPS) is 13.2. The minimum atomic E-state index is -0.122. The molecule has 0 saturated carbocycles. The quantitative estimate of drug-likeness (QED) is 0.198. The fourth-order valence-corrected chi connectivity index (χ4v) is 6.36. The van der Waals surface area contributed by atoms with Crippen molar-refractivity contribution in [2.75, 3.05) is 17.2 Å². The standard InChI is InChI=1S/C25H26N4O2S2/c1-2-15-29-24(31)22-19-12-7-4-8-13-20(19)33-23(22)27-25(29)32-17-21(30)28(16-9-14-26)18-10-5-3-6-11-18/h2-3,5-6,10-11H,1,4,7-9,12-13,15-17H2. The summed E-state index contributed by atoms with van der Waals surface area (Å²) in [6, 6.07) is 11.5. The number of allylic oxidation sites excluding steroid dienone is 1. The van der Waals surface area contributed by atoms with Gasteiger partial charge in [-0.3, -0.25) is 14.2 Å². The molecule has 0 spiro atoms. The SMILES string of the molecule is C=CCn1c(SCC(=O)N(CCC#N)c2ccccc2)nc2sc3c(c2c1=O)CCCCC3. The first-order valence-electron chi connectivity index (χ1n) is 11.1. The number of rotatable bonds is 8. The number of carbonyl (C=O) groups excluding carboxylic acids is 1. The second-order valence-corrected chi connectivity index (χ2v) is 9.95. The maximum Gasteiger partial charge on any atom is 0.263 e. The molecule has 0 N–H and O–H groups in total. The molecule has 3 aromatic rings. The van der Waals surface area contributed by atoms with E-state index in [0.29, 0.717) is 18.2 Å². The molecule has 2 aromatic heterocycles. The summed E-state index contributed by atoms with van der Waals surface area (Å²) in [6.07, 6.45) is 7.31. The molecule has 0 bridgehead atoms. The molecule has 1 aliphatic rings. The van der Waals surface area contributed by atoms with Crippen LogP contribution in [0.5, 0.6) is 0 Å². The Morgan fingerprint density at radius 1 is 1.27 bits per heavy atom. The van der Waals surface area contributed by atoms with Crippen molar-refractivity contribution in [3.8, 4) is 6.07 Å². The number of nitrogens with zero attached hydrogens (tertiary/aromatic N) is 4. The van der Waals surface area contributed by atoms with Crippen LogP contribution in [0.3, 0.4) is 0 Å². The van der Waals surface area contributed by atoms with Gasteiger partial charge in [0.15, 0.2) is 5.16 Å². The van der Waals surface area contributed by atoms with Crippen LogP contribution in [0.25, 0.3) is 10.2 Å². The number of fused-ring (bicyclic) bond motifs is 3. The van der Waals surface area contributed by atoms with Gasteiger partial charge < -0.3 is 4.90 Å². The van der Waals surface area contributed by atoms with Crippen molar-refractivity contribution in [3.63, 3.8) is 0 Å². The molecule has 0 atom stereocenters. The van der Waals surface area contributed by atoms with Crippen molar-refractivity contribution in [2.45, 2.75) is 50.2 Å². The zero-order chi connectivity index (χ0) is 23.2. The first-order chi connectivity index (χ1) is 16.1. The van der Waals surface area contributed by atoms with E-state index in [9.17, 15) is 9.59 Å². The summed E-state index contributed by atoms with van der Waals surface area (Å²) in [7, 11) is 0. The maximum atomic E-state index is 13.5. The highest BCUT2D eigenvalue weighted by Crippen LogP contribution is 2.34. The van der Waals surface area contributed by atoms with Gasteiger partial charge in [-0.2, -0.15) is 5.26 Å². The first kappa shape index (κ1) is 23.3. The van der Waals surface area contributed by atoms with Gasteiger partial charge in [-0.1, -0.05) is 42.5 Å². The van der Waals surface area contributed by atoms with Crippen LogP contribution < -0.4 is 10.5 Å². The topological polar surface area (TPSA) is 79.0 Å². The number of aromatic nitrogens is 2. The summed E-state index contributed by atoms with van der Waals surface area (Å²) in [6.45, 7) is 4.48. The molecule has 8 heteroatoms. The summed E-state index contributed by atoms with van der Waals surface area (Å²) in [4.78, 5) is 35.1. The van der Waals surface area contributed by atoms with Gasteiger partial charge in [0.05, 0.1) is 23.6 Å². The third kappa shape index (κ3) is 5.05. The van der Waals surface area contributed by atoms with Crippen LogP contribution in [0.4, 0.5) is 5.69 Å². The Balaban J connectivity index is 1.64. The van der Waals surface area contributed by atoms with Gasteiger partial charge in [0.2, 0.25) is 5.91 Å². The Kier molecular flexibility index (Phi) is 7.63. The Hall–Kier alpha value is -2.89. The summed E-state index contributed by atoms with van der Waals surface area (Å²) < 4.78 is 1.63. The molecule has 1 amide bonds. The predicted molar refractivity (Wildman–Crippen MR) is 135 cm³/mol.